The number of pyridine rings is 1. The number of nitroso groups, excluding NO2 is 1. The molecule has 0 spiro atoms. The van der Waals surface area contributed by atoms with Gasteiger partial charge in [-0.15, -0.1) is 4.91 Å². The van der Waals surface area contributed by atoms with Crippen LogP contribution in [-0.2, 0) is 0 Å². The minimum Gasteiger partial charge on any atom is -0.388 e. The van der Waals surface area contributed by atoms with Crippen molar-refractivity contribution in [3.8, 4) is 0 Å². The summed E-state index contributed by atoms with van der Waals surface area (Å²) in [6.07, 6.45) is 4.12. The Morgan fingerprint density at radius 3 is 3.07 bits per heavy atom. The summed E-state index contributed by atoms with van der Waals surface area (Å²) in [5.41, 5.74) is 0.805. The predicted molar refractivity (Wildman–Crippen MR) is 56.9 cm³/mol. The number of hydrogen-bond acceptors (Lipinski definition) is 4. The summed E-state index contributed by atoms with van der Waals surface area (Å²) < 4.78 is 0. The van der Waals surface area contributed by atoms with Crippen LogP contribution in [0.2, 0.25) is 0 Å². The lowest BCUT2D eigenvalue weighted by atomic mass is 10.1. The van der Waals surface area contributed by atoms with E-state index in [1.807, 2.05) is 6.07 Å². The number of aliphatic hydroxyl groups is 1. The summed E-state index contributed by atoms with van der Waals surface area (Å²) >= 11 is 0. The molecule has 1 heterocycles. The van der Waals surface area contributed by atoms with Crippen LogP contribution in [0, 0.1) is 4.91 Å². The molecule has 0 unspecified atom stereocenters. The van der Waals surface area contributed by atoms with Gasteiger partial charge in [-0.3, -0.25) is 9.99 Å². The lowest BCUT2D eigenvalue weighted by Crippen LogP contribution is -2.12. The van der Waals surface area contributed by atoms with Gasteiger partial charge in [0.05, 0.1) is 11.4 Å². The SMILES string of the molecule is CN(CCC[C@@H](O)c1cccnc1)N=O. The van der Waals surface area contributed by atoms with Gasteiger partial charge in [0.2, 0.25) is 0 Å². The van der Waals surface area contributed by atoms with Gasteiger partial charge in [0.15, 0.2) is 0 Å². The summed E-state index contributed by atoms with van der Waals surface area (Å²) in [6, 6.07) is 3.62. The van der Waals surface area contributed by atoms with Crippen LogP contribution >= 0.6 is 0 Å². The highest BCUT2D eigenvalue weighted by atomic mass is 16.3. The van der Waals surface area contributed by atoms with Crippen molar-refractivity contribution in [2.24, 2.45) is 5.29 Å². The molecule has 0 saturated carbocycles. The van der Waals surface area contributed by atoms with E-state index in [1.54, 1.807) is 25.5 Å². The van der Waals surface area contributed by atoms with Crippen molar-refractivity contribution in [1.29, 1.82) is 0 Å². The molecular weight excluding hydrogens is 194 g/mol. The molecule has 0 bridgehead atoms. The molecule has 1 aromatic rings. The number of aromatic nitrogens is 1. The third-order valence-corrected chi connectivity index (χ3v) is 2.17. The molecule has 0 saturated heterocycles. The average molecular weight is 209 g/mol. The second-order valence-electron chi connectivity index (χ2n) is 3.41. The second kappa shape index (κ2) is 6.08. The lowest BCUT2D eigenvalue weighted by molar-refractivity contribution is 0.158. The summed E-state index contributed by atoms with van der Waals surface area (Å²) in [6.45, 7) is 0.556. The summed E-state index contributed by atoms with van der Waals surface area (Å²) in [7, 11) is 1.61. The largest absolute Gasteiger partial charge is 0.388 e. The van der Waals surface area contributed by atoms with E-state index in [0.717, 1.165) is 12.0 Å². The maximum absolute atomic E-state index is 10.1. The van der Waals surface area contributed by atoms with Gasteiger partial charge >= 0.3 is 0 Å². The van der Waals surface area contributed by atoms with Gasteiger partial charge in [0, 0.05) is 26.0 Å². The molecule has 15 heavy (non-hydrogen) atoms. The first-order chi connectivity index (χ1) is 7.24. The molecule has 0 aromatic carbocycles. The molecule has 0 radical (unpaired) electrons. The molecule has 0 aliphatic heterocycles. The lowest BCUT2D eigenvalue weighted by Gasteiger charge is -2.12. The van der Waals surface area contributed by atoms with Gasteiger partial charge in [-0.05, 0) is 24.5 Å². The Morgan fingerprint density at radius 1 is 1.67 bits per heavy atom. The first kappa shape index (κ1) is 11.6. The maximum Gasteiger partial charge on any atom is 0.0805 e. The molecule has 82 valence electrons. The standard InChI is InChI=1S/C10H15N3O2/c1-13(12-15)7-3-5-10(14)9-4-2-6-11-8-9/h2,4,6,8,10,14H,3,5,7H2,1H3/t10-/m1/s1. The highest BCUT2D eigenvalue weighted by molar-refractivity contribution is 5.11. The second-order valence-corrected chi connectivity index (χ2v) is 3.41. The van der Waals surface area contributed by atoms with E-state index >= 15 is 0 Å². The molecule has 1 N–H and O–H groups in total. The Kier molecular flexibility index (Phi) is 4.70. The molecule has 1 aromatic heterocycles. The number of hydrogen-bond donors (Lipinski definition) is 1. The summed E-state index contributed by atoms with van der Waals surface area (Å²) in [4.78, 5) is 14.0. The Hall–Kier alpha value is -1.49. The minimum atomic E-state index is -0.515. The van der Waals surface area contributed by atoms with Crippen LogP contribution in [-0.4, -0.2) is 28.7 Å². The molecule has 1 rings (SSSR count). The van der Waals surface area contributed by atoms with E-state index in [9.17, 15) is 10.0 Å². The molecule has 1 atom stereocenters. The Bertz CT molecular complexity index is 292. The van der Waals surface area contributed by atoms with Crippen molar-refractivity contribution in [2.45, 2.75) is 18.9 Å². The van der Waals surface area contributed by atoms with Gasteiger partial charge in [-0.25, -0.2) is 0 Å². The number of rotatable bonds is 6. The average Bonchev–Trinajstić information content (AvgIpc) is 2.29. The summed E-state index contributed by atoms with van der Waals surface area (Å²) in [5, 5.41) is 13.8. The molecule has 5 nitrogen and oxygen atoms in total. The first-order valence-corrected chi connectivity index (χ1v) is 4.86. The van der Waals surface area contributed by atoms with Crippen molar-refractivity contribution < 1.29 is 5.11 Å². The van der Waals surface area contributed by atoms with Gasteiger partial charge < -0.3 is 5.11 Å². The number of aliphatic hydroxyl groups excluding tert-OH is 1. The van der Waals surface area contributed by atoms with Crippen LogP contribution in [0.1, 0.15) is 24.5 Å². The van der Waals surface area contributed by atoms with E-state index in [2.05, 4.69) is 10.3 Å². The fraction of sp³-hybridized carbons (Fsp3) is 0.500. The zero-order chi connectivity index (χ0) is 11.1. The monoisotopic (exact) mass is 209 g/mol. The Morgan fingerprint density at radius 2 is 2.47 bits per heavy atom. The molecule has 0 fully saturated rings. The van der Waals surface area contributed by atoms with Gasteiger partial charge in [-0.1, -0.05) is 6.07 Å². The summed E-state index contributed by atoms with van der Waals surface area (Å²) in [5.74, 6) is 0. The Labute approximate surface area is 88.7 Å². The fourth-order valence-corrected chi connectivity index (χ4v) is 1.29. The van der Waals surface area contributed by atoms with E-state index in [0.29, 0.717) is 13.0 Å². The van der Waals surface area contributed by atoms with Crippen LogP contribution in [0.4, 0.5) is 0 Å². The maximum atomic E-state index is 10.1. The third-order valence-electron chi connectivity index (χ3n) is 2.17. The normalized spacial score (nSPS) is 12.1. The molecule has 5 heteroatoms. The molecular formula is C10H15N3O2. The van der Waals surface area contributed by atoms with Crippen molar-refractivity contribution in [3.05, 3.63) is 35.0 Å². The third kappa shape index (κ3) is 4.03. The Balaban J connectivity index is 2.31. The number of nitrogens with zero attached hydrogens (tertiary/aromatic N) is 3. The molecule has 0 aliphatic carbocycles. The van der Waals surface area contributed by atoms with Crippen molar-refractivity contribution in [1.82, 2.24) is 9.99 Å². The van der Waals surface area contributed by atoms with Crippen molar-refractivity contribution >= 4 is 0 Å². The first-order valence-electron chi connectivity index (χ1n) is 4.86. The van der Waals surface area contributed by atoms with E-state index in [4.69, 9.17) is 0 Å². The van der Waals surface area contributed by atoms with Gasteiger partial charge in [0.1, 0.15) is 0 Å². The van der Waals surface area contributed by atoms with Gasteiger partial charge in [0.25, 0.3) is 0 Å². The fourth-order valence-electron chi connectivity index (χ4n) is 1.29. The van der Waals surface area contributed by atoms with Crippen molar-refractivity contribution in [2.75, 3.05) is 13.6 Å². The molecule has 0 aliphatic rings. The van der Waals surface area contributed by atoms with Crippen LogP contribution in [0.3, 0.4) is 0 Å². The van der Waals surface area contributed by atoms with Crippen LogP contribution in [0.15, 0.2) is 29.8 Å². The van der Waals surface area contributed by atoms with Crippen LogP contribution in [0.25, 0.3) is 0 Å². The minimum absolute atomic E-state index is 0.515. The smallest absolute Gasteiger partial charge is 0.0805 e. The molecule has 0 amide bonds. The van der Waals surface area contributed by atoms with Crippen LogP contribution in [0.5, 0.6) is 0 Å². The highest BCUT2D eigenvalue weighted by Gasteiger charge is 2.07. The zero-order valence-electron chi connectivity index (χ0n) is 8.71. The van der Waals surface area contributed by atoms with E-state index in [1.165, 1.54) is 5.01 Å². The topological polar surface area (TPSA) is 65.8 Å². The van der Waals surface area contributed by atoms with E-state index < -0.39 is 6.10 Å². The highest BCUT2D eigenvalue weighted by Crippen LogP contribution is 2.16. The van der Waals surface area contributed by atoms with Crippen molar-refractivity contribution in [3.63, 3.8) is 0 Å². The van der Waals surface area contributed by atoms with E-state index in [-0.39, 0.29) is 0 Å². The van der Waals surface area contributed by atoms with Gasteiger partial charge in [-0.2, -0.15) is 0 Å². The quantitative estimate of drug-likeness (QED) is 0.569. The zero-order valence-corrected chi connectivity index (χ0v) is 8.71. The van der Waals surface area contributed by atoms with Crippen LogP contribution < -0.4 is 0 Å². The predicted octanol–water partition coefficient (Wildman–Crippen LogP) is 1.51.